The van der Waals surface area contributed by atoms with E-state index in [-0.39, 0.29) is 12.2 Å². The first-order valence-corrected chi connectivity index (χ1v) is 6.81. The summed E-state index contributed by atoms with van der Waals surface area (Å²) < 4.78 is 16.0. The maximum Gasteiger partial charge on any atom is 0.337 e. The second-order valence-corrected chi connectivity index (χ2v) is 5.01. The summed E-state index contributed by atoms with van der Waals surface area (Å²) >= 11 is 0. The van der Waals surface area contributed by atoms with Crippen LogP contribution in [-0.2, 0) is 9.47 Å². The van der Waals surface area contributed by atoms with E-state index in [0.29, 0.717) is 17.0 Å². The molecule has 1 aliphatic rings. The van der Waals surface area contributed by atoms with Crippen molar-refractivity contribution in [3.63, 3.8) is 0 Å². The third-order valence-electron chi connectivity index (χ3n) is 3.64. The lowest BCUT2D eigenvalue weighted by molar-refractivity contribution is 0.0211. The zero-order chi connectivity index (χ0) is 14.5. The van der Waals surface area contributed by atoms with Gasteiger partial charge in [-0.05, 0) is 37.5 Å². The maximum atomic E-state index is 11.5. The molecular formula is C15H21NO4. The Kier molecular flexibility index (Phi) is 4.84. The van der Waals surface area contributed by atoms with Gasteiger partial charge in [-0.25, -0.2) is 4.79 Å². The van der Waals surface area contributed by atoms with E-state index in [0.717, 1.165) is 25.7 Å². The van der Waals surface area contributed by atoms with Crippen molar-refractivity contribution in [1.82, 2.24) is 0 Å². The molecule has 0 radical (unpaired) electrons. The first kappa shape index (κ1) is 14.7. The number of hydrogen-bond acceptors (Lipinski definition) is 5. The normalized spacial score (nSPS) is 22.3. The van der Waals surface area contributed by atoms with Crippen LogP contribution in [0.25, 0.3) is 0 Å². The van der Waals surface area contributed by atoms with Gasteiger partial charge in [-0.15, -0.1) is 0 Å². The molecule has 0 spiro atoms. The van der Waals surface area contributed by atoms with Crippen molar-refractivity contribution in [3.8, 4) is 5.75 Å². The average molecular weight is 279 g/mol. The summed E-state index contributed by atoms with van der Waals surface area (Å²) in [7, 11) is 3.07. The summed E-state index contributed by atoms with van der Waals surface area (Å²) in [6.07, 6.45) is 4.26. The zero-order valence-electron chi connectivity index (χ0n) is 11.9. The molecule has 5 nitrogen and oxygen atoms in total. The van der Waals surface area contributed by atoms with Gasteiger partial charge in [0.25, 0.3) is 0 Å². The SMILES string of the molecule is COC(=O)c1ccc(N)c(OC2CCCC(OC)C2)c1. The van der Waals surface area contributed by atoms with Crippen LogP contribution in [0.3, 0.4) is 0 Å². The molecule has 0 aliphatic heterocycles. The molecule has 1 fully saturated rings. The van der Waals surface area contributed by atoms with E-state index >= 15 is 0 Å². The van der Waals surface area contributed by atoms with Gasteiger partial charge >= 0.3 is 5.97 Å². The van der Waals surface area contributed by atoms with Crippen LogP contribution in [0.15, 0.2) is 18.2 Å². The van der Waals surface area contributed by atoms with Crippen molar-refractivity contribution >= 4 is 11.7 Å². The standard InChI is InChI=1S/C15H21NO4/c1-18-11-4-3-5-12(9-11)20-14-8-10(15(17)19-2)6-7-13(14)16/h6-8,11-12H,3-5,9,16H2,1-2H3. The second kappa shape index (κ2) is 6.61. The van der Waals surface area contributed by atoms with E-state index < -0.39 is 5.97 Å². The number of esters is 1. The Balaban J connectivity index is 2.10. The number of carbonyl (C=O) groups excluding carboxylic acids is 1. The molecule has 2 unspecified atom stereocenters. The third kappa shape index (κ3) is 3.42. The number of nitrogen functional groups attached to an aromatic ring is 1. The van der Waals surface area contributed by atoms with Crippen molar-refractivity contribution in [2.24, 2.45) is 0 Å². The number of anilines is 1. The van der Waals surface area contributed by atoms with Crippen LogP contribution < -0.4 is 10.5 Å². The predicted molar refractivity (Wildman–Crippen MR) is 75.9 cm³/mol. The summed E-state index contributed by atoms with van der Waals surface area (Å²) in [4.78, 5) is 11.5. The molecule has 2 N–H and O–H groups in total. The number of rotatable bonds is 4. The second-order valence-electron chi connectivity index (χ2n) is 5.01. The van der Waals surface area contributed by atoms with Crippen LogP contribution in [0.2, 0.25) is 0 Å². The highest BCUT2D eigenvalue weighted by atomic mass is 16.5. The Morgan fingerprint density at radius 2 is 2.00 bits per heavy atom. The van der Waals surface area contributed by atoms with E-state index in [1.54, 1.807) is 25.3 Å². The maximum absolute atomic E-state index is 11.5. The molecule has 2 rings (SSSR count). The van der Waals surface area contributed by atoms with Crippen LogP contribution in [-0.4, -0.2) is 32.4 Å². The fourth-order valence-electron chi connectivity index (χ4n) is 2.48. The van der Waals surface area contributed by atoms with Crippen LogP contribution in [0, 0.1) is 0 Å². The van der Waals surface area contributed by atoms with E-state index in [1.165, 1.54) is 7.11 Å². The summed E-state index contributed by atoms with van der Waals surface area (Å²) in [5, 5.41) is 0. The van der Waals surface area contributed by atoms with E-state index in [9.17, 15) is 4.79 Å². The number of nitrogens with two attached hydrogens (primary N) is 1. The molecule has 20 heavy (non-hydrogen) atoms. The number of carbonyl (C=O) groups is 1. The van der Waals surface area contributed by atoms with E-state index in [1.807, 2.05) is 0 Å². The first-order chi connectivity index (χ1) is 9.63. The minimum atomic E-state index is -0.395. The molecule has 5 heteroatoms. The summed E-state index contributed by atoms with van der Waals surface area (Å²) in [5.41, 5.74) is 6.87. The first-order valence-electron chi connectivity index (χ1n) is 6.81. The lowest BCUT2D eigenvalue weighted by Crippen LogP contribution is -2.29. The minimum absolute atomic E-state index is 0.0731. The molecule has 2 atom stereocenters. The Morgan fingerprint density at radius 1 is 1.25 bits per heavy atom. The summed E-state index contributed by atoms with van der Waals surface area (Å²) in [5.74, 6) is 0.142. The fraction of sp³-hybridized carbons (Fsp3) is 0.533. The third-order valence-corrected chi connectivity index (χ3v) is 3.64. The predicted octanol–water partition coefficient (Wildman–Crippen LogP) is 2.39. The van der Waals surface area contributed by atoms with Gasteiger partial charge in [0, 0.05) is 13.5 Å². The molecular weight excluding hydrogens is 258 g/mol. The molecule has 1 saturated carbocycles. The van der Waals surface area contributed by atoms with Gasteiger partial charge in [-0.2, -0.15) is 0 Å². The van der Waals surface area contributed by atoms with Crippen LogP contribution in [0.5, 0.6) is 5.75 Å². The van der Waals surface area contributed by atoms with Gasteiger partial charge in [0.2, 0.25) is 0 Å². The fourth-order valence-corrected chi connectivity index (χ4v) is 2.48. The highest BCUT2D eigenvalue weighted by molar-refractivity contribution is 5.90. The number of methoxy groups -OCH3 is 2. The molecule has 0 bridgehead atoms. The average Bonchev–Trinajstić information content (AvgIpc) is 2.49. The molecule has 110 valence electrons. The van der Waals surface area contributed by atoms with E-state index in [4.69, 9.17) is 19.9 Å². The smallest absolute Gasteiger partial charge is 0.337 e. The van der Waals surface area contributed by atoms with Crippen molar-refractivity contribution in [2.45, 2.75) is 37.9 Å². The largest absolute Gasteiger partial charge is 0.488 e. The van der Waals surface area contributed by atoms with Crippen LogP contribution in [0.4, 0.5) is 5.69 Å². The molecule has 1 aromatic rings. The van der Waals surface area contributed by atoms with Gasteiger partial charge in [-0.3, -0.25) is 0 Å². The van der Waals surface area contributed by atoms with E-state index in [2.05, 4.69) is 0 Å². The number of hydrogen-bond donors (Lipinski definition) is 1. The summed E-state index contributed by atoms with van der Waals surface area (Å²) in [6.45, 7) is 0. The van der Waals surface area contributed by atoms with Crippen LogP contribution in [0.1, 0.15) is 36.0 Å². The lowest BCUT2D eigenvalue weighted by atomic mass is 9.95. The monoisotopic (exact) mass is 279 g/mol. The Morgan fingerprint density at radius 3 is 2.70 bits per heavy atom. The van der Waals surface area contributed by atoms with Crippen molar-refractivity contribution < 1.29 is 19.0 Å². The highest BCUT2D eigenvalue weighted by Gasteiger charge is 2.24. The lowest BCUT2D eigenvalue weighted by Gasteiger charge is -2.29. The van der Waals surface area contributed by atoms with Gasteiger partial charge in [0.05, 0.1) is 24.5 Å². The zero-order valence-corrected chi connectivity index (χ0v) is 11.9. The summed E-state index contributed by atoms with van der Waals surface area (Å²) in [6, 6.07) is 4.93. The molecule has 1 aliphatic carbocycles. The van der Waals surface area contributed by atoms with Gasteiger partial charge in [-0.1, -0.05) is 0 Å². The number of benzene rings is 1. The minimum Gasteiger partial charge on any atom is -0.488 e. The highest BCUT2D eigenvalue weighted by Crippen LogP contribution is 2.29. The quantitative estimate of drug-likeness (QED) is 0.677. The topological polar surface area (TPSA) is 70.8 Å². The molecule has 0 heterocycles. The Hall–Kier alpha value is -1.75. The Bertz CT molecular complexity index is 475. The van der Waals surface area contributed by atoms with Gasteiger partial charge in [0.1, 0.15) is 11.9 Å². The van der Waals surface area contributed by atoms with Gasteiger partial charge in [0.15, 0.2) is 0 Å². The Labute approximate surface area is 119 Å². The molecule has 1 aromatic carbocycles. The van der Waals surface area contributed by atoms with Gasteiger partial charge < -0.3 is 19.9 Å². The molecule has 0 aromatic heterocycles. The molecule has 0 saturated heterocycles. The van der Waals surface area contributed by atoms with Crippen molar-refractivity contribution in [2.75, 3.05) is 20.0 Å². The van der Waals surface area contributed by atoms with Crippen molar-refractivity contribution in [1.29, 1.82) is 0 Å². The molecule has 0 amide bonds. The van der Waals surface area contributed by atoms with Crippen molar-refractivity contribution in [3.05, 3.63) is 23.8 Å². The van der Waals surface area contributed by atoms with Crippen LogP contribution >= 0.6 is 0 Å². The number of ether oxygens (including phenoxy) is 3.